The van der Waals surface area contributed by atoms with Crippen LogP contribution < -0.4 is 15.8 Å². The maximum atomic E-state index is 11.3. The van der Waals surface area contributed by atoms with Gasteiger partial charge in [0.2, 0.25) is 12.2 Å². The fourth-order valence-electron chi connectivity index (χ4n) is 2.40. The number of hydrogen-bond donors (Lipinski definition) is 5. The smallest absolute Gasteiger partial charge is 0.223 e. The standard InChI is InChI=1S/C15H20N2O6S/c1-7(19)17-11-13(21)12(20)10(6-18)23-15(11)22-9-4-2-8(3-5-9)14(16)24/h2-5,10-13,15,18,20-21H,6H2,1H3,(H2,16,24)(H,17,19)/t10-,11+,12-,13-,15+/m1/s1. The van der Waals surface area contributed by atoms with Gasteiger partial charge in [-0.3, -0.25) is 4.79 Å². The van der Waals surface area contributed by atoms with Gasteiger partial charge in [-0.25, -0.2) is 0 Å². The van der Waals surface area contributed by atoms with E-state index < -0.39 is 43.2 Å². The highest BCUT2D eigenvalue weighted by Crippen LogP contribution is 2.24. The molecular formula is C15H20N2O6S. The number of benzene rings is 1. The third-order valence-electron chi connectivity index (χ3n) is 3.64. The normalized spacial score (nSPS) is 29.8. The molecule has 1 aliphatic heterocycles. The van der Waals surface area contributed by atoms with Crippen molar-refractivity contribution in [1.82, 2.24) is 5.32 Å². The van der Waals surface area contributed by atoms with Crippen molar-refractivity contribution >= 4 is 23.1 Å². The molecule has 1 amide bonds. The number of carbonyl (C=O) groups excluding carboxylic acids is 1. The number of ether oxygens (including phenoxy) is 2. The van der Waals surface area contributed by atoms with E-state index in [0.29, 0.717) is 11.3 Å². The molecule has 1 aromatic carbocycles. The van der Waals surface area contributed by atoms with Crippen LogP contribution in [-0.4, -0.2) is 63.5 Å². The van der Waals surface area contributed by atoms with Gasteiger partial charge in [0.25, 0.3) is 0 Å². The minimum atomic E-state index is -1.36. The number of hydrogen-bond acceptors (Lipinski definition) is 7. The van der Waals surface area contributed by atoms with Crippen molar-refractivity contribution in [2.24, 2.45) is 5.73 Å². The van der Waals surface area contributed by atoms with Crippen LogP contribution in [0.25, 0.3) is 0 Å². The third-order valence-corrected chi connectivity index (χ3v) is 3.88. The number of nitrogens with one attached hydrogen (secondary N) is 1. The van der Waals surface area contributed by atoms with Crippen LogP contribution in [0.4, 0.5) is 0 Å². The molecular weight excluding hydrogens is 336 g/mol. The van der Waals surface area contributed by atoms with Crippen LogP contribution in [0.2, 0.25) is 0 Å². The Morgan fingerprint density at radius 1 is 1.33 bits per heavy atom. The van der Waals surface area contributed by atoms with Gasteiger partial charge in [0.1, 0.15) is 35.1 Å². The molecule has 0 radical (unpaired) electrons. The van der Waals surface area contributed by atoms with Gasteiger partial charge in [-0.05, 0) is 24.3 Å². The largest absolute Gasteiger partial charge is 0.463 e. The van der Waals surface area contributed by atoms with Crippen LogP contribution in [0.15, 0.2) is 24.3 Å². The summed E-state index contributed by atoms with van der Waals surface area (Å²) in [5.41, 5.74) is 6.18. The van der Waals surface area contributed by atoms with Gasteiger partial charge in [0, 0.05) is 12.5 Å². The number of aliphatic hydroxyl groups is 3. The van der Waals surface area contributed by atoms with E-state index in [1.807, 2.05) is 0 Å². The molecule has 132 valence electrons. The highest BCUT2D eigenvalue weighted by atomic mass is 32.1. The quantitative estimate of drug-likeness (QED) is 0.409. The molecule has 1 heterocycles. The molecule has 0 aliphatic carbocycles. The van der Waals surface area contributed by atoms with E-state index in [2.05, 4.69) is 5.32 Å². The predicted octanol–water partition coefficient (Wildman–Crippen LogP) is -1.36. The Bertz CT molecular complexity index is 596. The van der Waals surface area contributed by atoms with Crippen LogP contribution in [0.1, 0.15) is 12.5 Å². The van der Waals surface area contributed by atoms with Crippen LogP contribution >= 0.6 is 12.2 Å². The first-order valence-electron chi connectivity index (χ1n) is 7.29. The Balaban J connectivity index is 2.19. The summed E-state index contributed by atoms with van der Waals surface area (Å²) in [5.74, 6) is -0.0367. The number of thiocarbonyl (C=S) groups is 1. The van der Waals surface area contributed by atoms with Crippen molar-refractivity contribution < 1.29 is 29.6 Å². The lowest BCUT2D eigenvalue weighted by Crippen LogP contribution is -2.65. The second kappa shape index (κ2) is 7.86. The Hall–Kier alpha value is -1.78. The maximum Gasteiger partial charge on any atom is 0.223 e. The molecule has 0 saturated carbocycles. The van der Waals surface area contributed by atoms with Crippen LogP contribution in [-0.2, 0) is 9.53 Å². The number of amides is 1. The second-order valence-electron chi connectivity index (χ2n) is 5.44. The summed E-state index contributed by atoms with van der Waals surface area (Å²) < 4.78 is 11.1. The first-order chi connectivity index (χ1) is 11.3. The van der Waals surface area contributed by atoms with Crippen molar-refractivity contribution in [1.29, 1.82) is 0 Å². The van der Waals surface area contributed by atoms with E-state index in [1.165, 1.54) is 6.92 Å². The molecule has 8 nitrogen and oxygen atoms in total. The first-order valence-corrected chi connectivity index (χ1v) is 7.70. The van der Waals surface area contributed by atoms with Crippen LogP contribution in [0.5, 0.6) is 5.75 Å². The topological polar surface area (TPSA) is 134 Å². The average Bonchev–Trinajstić information content (AvgIpc) is 2.54. The first kappa shape index (κ1) is 18.6. The fourth-order valence-corrected chi connectivity index (χ4v) is 2.54. The van der Waals surface area contributed by atoms with Gasteiger partial charge in [-0.1, -0.05) is 12.2 Å². The number of aliphatic hydroxyl groups excluding tert-OH is 3. The maximum absolute atomic E-state index is 11.3. The summed E-state index contributed by atoms with van der Waals surface area (Å²) in [6.07, 6.45) is -4.85. The Labute approximate surface area is 144 Å². The molecule has 2 rings (SSSR count). The lowest BCUT2D eigenvalue weighted by Gasteiger charge is -2.42. The molecule has 1 aromatic rings. The van der Waals surface area contributed by atoms with Crippen molar-refractivity contribution in [2.45, 2.75) is 37.6 Å². The molecule has 0 spiro atoms. The number of carbonyl (C=O) groups is 1. The van der Waals surface area contributed by atoms with Crippen molar-refractivity contribution in [3.8, 4) is 5.75 Å². The van der Waals surface area contributed by atoms with E-state index in [1.54, 1.807) is 24.3 Å². The number of rotatable bonds is 5. The monoisotopic (exact) mass is 356 g/mol. The van der Waals surface area contributed by atoms with Crippen LogP contribution in [0, 0.1) is 0 Å². The molecule has 5 atom stereocenters. The fraction of sp³-hybridized carbons (Fsp3) is 0.467. The van der Waals surface area contributed by atoms with E-state index >= 15 is 0 Å². The van der Waals surface area contributed by atoms with E-state index in [0.717, 1.165) is 0 Å². The van der Waals surface area contributed by atoms with E-state index in [9.17, 15) is 20.1 Å². The van der Waals surface area contributed by atoms with Gasteiger partial charge in [0.05, 0.1) is 6.61 Å². The minimum absolute atomic E-state index is 0.241. The Kier molecular flexibility index (Phi) is 6.08. The molecule has 1 saturated heterocycles. The highest BCUT2D eigenvalue weighted by Gasteiger charge is 2.46. The average molecular weight is 356 g/mol. The summed E-state index contributed by atoms with van der Waals surface area (Å²) in [6, 6.07) is 5.52. The molecule has 1 fully saturated rings. The predicted molar refractivity (Wildman–Crippen MR) is 88.3 cm³/mol. The van der Waals surface area contributed by atoms with Gasteiger partial charge in [0.15, 0.2) is 0 Å². The summed E-state index contributed by atoms with van der Waals surface area (Å²) in [7, 11) is 0. The molecule has 0 unspecified atom stereocenters. The zero-order valence-electron chi connectivity index (χ0n) is 13.0. The van der Waals surface area contributed by atoms with E-state index in [-0.39, 0.29) is 4.99 Å². The Morgan fingerprint density at radius 3 is 2.46 bits per heavy atom. The lowest BCUT2D eigenvalue weighted by molar-refractivity contribution is -0.244. The number of nitrogens with two attached hydrogens (primary N) is 1. The summed E-state index contributed by atoms with van der Waals surface area (Å²) in [5, 5.41) is 31.9. The summed E-state index contributed by atoms with van der Waals surface area (Å²) in [4.78, 5) is 11.6. The molecule has 0 bridgehead atoms. The van der Waals surface area contributed by atoms with Crippen molar-refractivity contribution in [3.63, 3.8) is 0 Å². The third kappa shape index (κ3) is 4.19. The highest BCUT2D eigenvalue weighted by molar-refractivity contribution is 7.80. The van der Waals surface area contributed by atoms with Gasteiger partial charge in [-0.15, -0.1) is 0 Å². The van der Waals surface area contributed by atoms with Gasteiger partial charge < -0.3 is 35.8 Å². The molecule has 24 heavy (non-hydrogen) atoms. The molecule has 1 aliphatic rings. The molecule has 9 heteroatoms. The summed E-state index contributed by atoms with van der Waals surface area (Å²) in [6.45, 7) is 0.760. The van der Waals surface area contributed by atoms with Crippen molar-refractivity contribution in [2.75, 3.05) is 6.61 Å². The second-order valence-corrected chi connectivity index (χ2v) is 5.88. The zero-order chi connectivity index (χ0) is 17.9. The van der Waals surface area contributed by atoms with Crippen LogP contribution in [0.3, 0.4) is 0 Å². The molecule has 6 N–H and O–H groups in total. The lowest BCUT2D eigenvalue weighted by atomic mass is 9.97. The SMILES string of the molecule is CC(=O)N[C@@H]1[C@@H](Oc2ccc(C(N)=S)cc2)O[C@H](CO)[C@@H](O)[C@@H]1O. The Morgan fingerprint density at radius 2 is 1.96 bits per heavy atom. The van der Waals surface area contributed by atoms with Crippen molar-refractivity contribution in [3.05, 3.63) is 29.8 Å². The minimum Gasteiger partial charge on any atom is -0.463 e. The zero-order valence-corrected chi connectivity index (χ0v) is 13.8. The van der Waals surface area contributed by atoms with E-state index in [4.69, 9.17) is 27.4 Å². The molecule has 0 aromatic heterocycles. The van der Waals surface area contributed by atoms with Gasteiger partial charge in [-0.2, -0.15) is 0 Å². The summed E-state index contributed by atoms with van der Waals surface area (Å²) >= 11 is 4.87. The van der Waals surface area contributed by atoms with Gasteiger partial charge >= 0.3 is 0 Å².